The maximum Gasteiger partial charge on any atom is 0.199 e. The molecule has 88 valence electrons. The van der Waals surface area contributed by atoms with Crippen LogP contribution in [0.4, 0.5) is 0 Å². The van der Waals surface area contributed by atoms with E-state index < -0.39 is 0 Å². The topological polar surface area (TPSA) is 42.2 Å². The van der Waals surface area contributed by atoms with Crippen molar-refractivity contribution < 1.29 is 9.21 Å². The van der Waals surface area contributed by atoms with Crippen LogP contribution in [0.5, 0.6) is 0 Å². The average molecular weight is 286 g/mol. The molecule has 1 aromatic rings. The van der Waals surface area contributed by atoms with Crippen LogP contribution in [0.15, 0.2) is 21.2 Å². The van der Waals surface area contributed by atoms with E-state index in [4.69, 9.17) is 4.42 Å². The molecule has 1 unspecified atom stereocenters. The molecule has 2 rings (SSSR count). The third-order valence-electron chi connectivity index (χ3n) is 3.00. The maximum atomic E-state index is 11.8. The van der Waals surface area contributed by atoms with Crippen molar-refractivity contribution in [3.05, 3.63) is 22.6 Å². The Balaban J connectivity index is 1.81. The summed E-state index contributed by atoms with van der Waals surface area (Å²) < 4.78 is 5.91. The molecule has 0 bridgehead atoms. The fourth-order valence-corrected chi connectivity index (χ4v) is 2.50. The molecular weight excluding hydrogens is 270 g/mol. The van der Waals surface area contributed by atoms with Crippen molar-refractivity contribution in [1.29, 1.82) is 0 Å². The molecular formula is C12H16BrNO2. The Labute approximate surface area is 104 Å². The maximum absolute atomic E-state index is 11.8. The SMILES string of the molecule is O=C(CCC1CCCCN1)c1occc1Br. The Morgan fingerprint density at radius 1 is 1.56 bits per heavy atom. The largest absolute Gasteiger partial charge is 0.460 e. The van der Waals surface area contributed by atoms with Crippen LogP contribution in [0.2, 0.25) is 0 Å². The average Bonchev–Trinajstić information content (AvgIpc) is 2.74. The molecule has 1 atom stereocenters. The third kappa shape index (κ3) is 2.95. The number of furan rings is 1. The minimum atomic E-state index is 0.0873. The Morgan fingerprint density at radius 2 is 2.44 bits per heavy atom. The number of carbonyl (C=O) groups excluding carboxylic acids is 1. The van der Waals surface area contributed by atoms with Crippen LogP contribution >= 0.6 is 15.9 Å². The molecule has 0 aliphatic carbocycles. The summed E-state index contributed by atoms with van der Waals surface area (Å²) in [6.45, 7) is 1.09. The Kier molecular flexibility index (Phi) is 4.18. The van der Waals surface area contributed by atoms with Gasteiger partial charge in [0.2, 0.25) is 0 Å². The minimum absolute atomic E-state index is 0.0873. The van der Waals surface area contributed by atoms with Gasteiger partial charge in [-0.3, -0.25) is 4.79 Å². The number of piperidine rings is 1. The lowest BCUT2D eigenvalue weighted by molar-refractivity contribution is 0.0946. The van der Waals surface area contributed by atoms with E-state index in [9.17, 15) is 4.79 Å². The molecule has 2 heterocycles. The number of Topliss-reactive ketones (excluding diaryl/α,β-unsaturated/α-hetero) is 1. The van der Waals surface area contributed by atoms with Gasteiger partial charge in [-0.15, -0.1) is 0 Å². The van der Waals surface area contributed by atoms with E-state index in [-0.39, 0.29) is 5.78 Å². The molecule has 1 aliphatic rings. The molecule has 4 heteroatoms. The van der Waals surface area contributed by atoms with Crippen molar-refractivity contribution in [2.45, 2.75) is 38.1 Å². The fourth-order valence-electron chi connectivity index (χ4n) is 2.08. The van der Waals surface area contributed by atoms with Crippen molar-refractivity contribution in [3.8, 4) is 0 Å². The van der Waals surface area contributed by atoms with E-state index in [1.807, 2.05) is 0 Å². The van der Waals surface area contributed by atoms with Crippen LogP contribution in [0.25, 0.3) is 0 Å². The fraction of sp³-hybridized carbons (Fsp3) is 0.583. The molecule has 0 saturated carbocycles. The van der Waals surface area contributed by atoms with Gasteiger partial charge in [-0.2, -0.15) is 0 Å². The number of rotatable bonds is 4. The lowest BCUT2D eigenvalue weighted by Crippen LogP contribution is -2.34. The monoisotopic (exact) mass is 285 g/mol. The number of hydrogen-bond donors (Lipinski definition) is 1. The summed E-state index contributed by atoms with van der Waals surface area (Å²) in [6, 6.07) is 2.26. The van der Waals surface area contributed by atoms with E-state index in [1.54, 1.807) is 6.07 Å². The van der Waals surface area contributed by atoms with E-state index in [1.165, 1.54) is 25.5 Å². The van der Waals surface area contributed by atoms with Gasteiger partial charge in [0.15, 0.2) is 11.5 Å². The summed E-state index contributed by atoms with van der Waals surface area (Å²) in [6.07, 6.45) is 6.73. The first-order valence-corrected chi connectivity index (χ1v) is 6.56. The van der Waals surface area contributed by atoms with Gasteiger partial charge < -0.3 is 9.73 Å². The van der Waals surface area contributed by atoms with Crippen molar-refractivity contribution >= 4 is 21.7 Å². The summed E-state index contributed by atoms with van der Waals surface area (Å²) in [5.41, 5.74) is 0. The molecule has 0 aromatic carbocycles. The van der Waals surface area contributed by atoms with Gasteiger partial charge in [-0.05, 0) is 47.8 Å². The molecule has 0 radical (unpaired) electrons. The van der Waals surface area contributed by atoms with Crippen LogP contribution in [0.1, 0.15) is 42.7 Å². The normalized spacial score (nSPS) is 20.9. The number of carbonyl (C=O) groups is 1. The molecule has 16 heavy (non-hydrogen) atoms. The first-order chi connectivity index (χ1) is 7.77. The third-order valence-corrected chi connectivity index (χ3v) is 3.63. The second kappa shape index (κ2) is 5.64. The zero-order chi connectivity index (χ0) is 11.4. The predicted octanol–water partition coefficient (Wildman–Crippen LogP) is 3.15. The molecule has 0 amide bonds. The highest BCUT2D eigenvalue weighted by Crippen LogP contribution is 2.21. The van der Waals surface area contributed by atoms with Gasteiger partial charge in [0.05, 0.1) is 10.7 Å². The molecule has 0 spiro atoms. The highest BCUT2D eigenvalue weighted by Gasteiger charge is 2.17. The van der Waals surface area contributed by atoms with E-state index in [0.717, 1.165) is 17.4 Å². The lowest BCUT2D eigenvalue weighted by atomic mass is 9.99. The lowest BCUT2D eigenvalue weighted by Gasteiger charge is -2.22. The van der Waals surface area contributed by atoms with E-state index in [2.05, 4.69) is 21.2 Å². The van der Waals surface area contributed by atoms with E-state index >= 15 is 0 Å². The highest BCUT2D eigenvalue weighted by molar-refractivity contribution is 9.10. The van der Waals surface area contributed by atoms with Crippen molar-refractivity contribution in [3.63, 3.8) is 0 Å². The standard InChI is InChI=1S/C12H16BrNO2/c13-10-6-8-16-12(10)11(15)5-4-9-3-1-2-7-14-9/h6,8-9,14H,1-5,7H2. The van der Waals surface area contributed by atoms with E-state index in [0.29, 0.717) is 18.2 Å². The first kappa shape index (κ1) is 11.9. The smallest absolute Gasteiger partial charge is 0.199 e. The molecule has 1 aliphatic heterocycles. The molecule has 1 N–H and O–H groups in total. The summed E-state index contributed by atoms with van der Waals surface area (Å²) in [7, 11) is 0. The Hall–Kier alpha value is -0.610. The second-order valence-corrected chi connectivity index (χ2v) is 5.06. The highest BCUT2D eigenvalue weighted by atomic mass is 79.9. The summed E-state index contributed by atoms with van der Waals surface area (Å²) in [5.74, 6) is 0.542. The second-order valence-electron chi connectivity index (χ2n) is 4.21. The Morgan fingerprint density at radius 3 is 3.06 bits per heavy atom. The van der Waals surface area contributed by atoms with Crippen LogP contribution in [0.3, 0.4) is 0 Å². The number of halogens is 1. The zero-order valence-electron chi connectivity index (χ0n) is 9.17. The summed E-state index contributed by atoms with van der Waals surface area (Å²) >= 11 is 3.30. The van der Waals surface area contributed by atoms with Crippen molar-refractivity contribution in [1.82, 2.24) is 5.32 Å². The van der Waals surface area contributed by atoms with Gasteiger partial charge >= 0.3 is 0 Å². The summed E-state index contributed by atoms with van der Waals surface area (Å²) in [5, 5.41) is 3.44. The van der Waals surface area contributed by atoms with Crippen LogP contribution < -0.4 is 5.32 Å². The van der Waals surface area contributed by atoms with Crippen LogP contribution in [-0.2, 0) is 0 Å². The van der Waals surface area contributed by atoms with Crippen LogP contribution in [0, 0.1) is 0 Å². The predicted molar refractivity (Wildman–Crippen MR) is 65.6 cm³/mol. The van der Waals surface area contributed by atoms with Gasteiger partial charge in [0.25, 0.3) is 0 Å². The van der Waals surface area contributed by atoms with Crippen molar-refractivity contribution in [2.75, 3.05) is 6.54 Å². The zero-order valence-corrected chi connectivity index (χ0v) is 10.8. The Bertz CT molecular complexity index is 356. The molecule has 3 nitrogen and oxygen atoms in total. The van der Waals surface area contributed by atoms with Crippen molar-refractivity contribution in [2.24, 2.45) is 0 Å². The number of ketones is 1. The first-order valence-electron chi connectivity index (χ1n) is 5.77. The van der Waals surface area contributed by atoms with Gasteiger partial charge in [-0.25, -0.2) is 0 Å². The molecule has 1 aromatic heterocycles. The molecule has 1 saturated heterocycles. The van der Waals surface area contributed by atoms with Gasteiger partial charge in [-0.1, -0.05) is 6.42 Å². The summed E-state index contributed by atoms with van der Waals surface area (Å²) in [4.78, 5) is 11.8. The van der Waals surface area contributed by atoms with Crippen LogP contribution in [-0.4, -0.2) is 18.4 Å². The van der Waals surface area contributed by atoms with Gasteiger partial charge in [0.1, 0.15) is 0 Å². The molecule has 1 fully saturated rings. The van der Waals surface area contributed by atoms with Gasteiger partial charge in [0, 0.05) is 12.5 Å². The quantitative estimate of drug-likeness (QED) is 0.865. The number of hydrogen-bond acceptors (Lipinski definition) is 3. The number of nitrogens with one attached hydrogen (secondary N) is 1. The minimum Gasteiger partial charge on any atom is -0.460 e.